The van der Waals surface area contributed by atoms with E-state index in [1.54, 1.807) is 19.4 Å². The molecule has 0 amide bonds. The van der Waals surface area contributed by atoms with Gasteiger partial charge >= 0.3 is 0 Å². The average Bonchev–Trinajstić information content (AvgIpc) is 3.10. The van der Waals surface area contributed by atoms with E-state index in [1.807, 2.05) is 38.5 Å². The van der Waals surface area contributed by atoms with E-state index in [2.05, 4.69) is 21.4 Å². The average molecular weight is 369 g/mol. The van der Waals surface area contributed by atoms with Crippen molar-refractivity contribution in [3.05, 3.63) is 54.6 Å². The first-order chi connectivity index (χ1) is 12.9. The summed E-state index contributed by atoms with van der Waals surface area (Å²) in [6.07, 6.45) is 3.74. The van der Waals surface area contributed by atoms with Gasteiger partial charge in [-0.25, -0.2) is 9.37 Å². The maximum Gasteiger partial charge on any atom is 0.140 e. The van der Waals surface area contributed by atoms with Crippen molar-refractivity contribution in [2.75, 3.05) is 27.7 Å². The molecule has 1 N–H and O–H groups in total. The minimum Gasteiger partial charge on any atom is -0.507 e. The largest absolute Gasteiger partial charge is 0.507 e. The van der Waals surface area contributed by atoms with Gasteiger partial charge in [0.1, 0.15) is 23.1 Å². The molecule has 1 aromatic heterocycles. The lowest BCUT2D eigenvalue weighted by Gasteiger charge is -2.21. The van der Waals surface area contributed by atoms with Crippen LogP contribution in [0, 0.1) is 5.82 Å². The third-order valence-electron chi connectivity index (χ3n) is 4.48. The number of imidazole rings is 1. The molecule has 27 heavy (non-hydrogen) atoms. The molecule has 6 heteroatoms. The molecule has 1 heterocycles. The summed E-state index contributed by atoms with van der Waals surface area (Å²) in [5.41, 5.74) is 2.09. The molecule has 5 nitrogen and oxygen atoms in total. The van der Waals surface area contributed by atoms with Crippen molar-refractivity contribution < 1.29 is 14.2 Å². The van der Waals surface area contributed by atoms with Gasteiger partial charge in [-0.05, 0) is 51.4 Å². The normalized spacial score (nSPS) is 12.4. The van der Waals surface area contributed by atoms with Crippen LogP contribution in [-0.4, -0.2) is 47.3 Å². The Morgan fingerprint density at radius 2 is 1.96 bits per heavy atom. The Kier molecular flexibility index (Phi) is 5.46. The molecule has 3 rings (SSSR count). The van der Waals surface area contributed by atoms with E-state index in [4.69, 9.17) is 4.74 Å². The molecule has 0 radical (unpaired) electrons. The van der Waals surface area contributed by atoms with E-state index >= 15 is 0 Å². The number of hydrogen-bond donors (Lipinski definition) is 1. The van der Waals surface area contributed by atoms with Crippen molar-refractivity contribution in [2.45, 2.75) is 13.0 Å². The predicted octanol–water partition coefficient (Wildman–Crippen LogP) is 4.19. The zero-order chi connectivity index (χ0) is 19.6. The summed E-state index contributed by atoms with van der Waals surface area (Å²) in [6, 6.07) is 9.89. The molecule has 3 aromatic rings. The highest BCUT2D eigenvalue weighted by molar-refractivity contribution is 5.79. The first-order valence-electron chi connectivity index (χ1n) is 8.75. The van der Waals surface area contributed by atoms with Gasteiger partial charge in [0.2, 0.25) is 0 Å². The smallest absolute Gasteiger partial charge is 0.140 e. The fourth-order valence-electron chi connectivity index (χ4n) is 3.30. The molecule has 0 spiro atoms. The maximum atomic E-state index is 13.4. The molecule has 0 saturated carbocycles. The first kappa shape index (κ1) is 18.9. The van der Waals surface area contributed by atoms with E-state index in [9.17, 15) is 9.50 Å². The number of phenols is 1. The van der Waals surface area contributed by atoms with E-state index in [1.165, 1.54) is 6.07 Å². The molecule has 0 bridgehead atoms. The molecule has 2 aromatic carbocycles. The highest BCUT2D eigenvalue weighted by Gasteiger charge is 2.17. The lowest BCUT2D eigenvalue weighted by molar-refractivity contribution is 0.338. The molecular formula is C21H24FN3O2. The van der Waals surface area contributed by atoms with Gasteiger partial charge in [-0.15, -0.1) is 0 Å². The molecule has 142 valence electrons. The molecule has 0 aliphatic rings. The number of ether oxygens (including phenoxy) is 1. The van der Waals surface area contributed by atoms with Crippen molar-refractivity contribution in [3.63, 3.8) is 0 Å². The van der Waals surface area contributed by atoms with Crippen LogP contribution >= 0.6 is 0 Å². The molecule has 0 saturated heterocycles. The van der Waals surface area contributed by atoms with Gasteiger partial charge in [0.25, 0.3) is 0 Å². The maximum absolute atomic E-state index is 13.4. The van der Waals surface area contributed by atoms with Crippen LogP contribution in [0.2, 0.25) is 0 Å². The summed E-state index contributed by atoms with van der Waals surface area (Å²) in [6.45, 7) is 3.02. The number of halogens is 1. The van der Waals surface area contributed by atoms with Crippen LogP contribution in [0.3, 0.4) is 0 Å². The molecular weight excluding hydrogens is 345 g/mol. The number of methoxy groups -OCH3 is 1. The van der Waals surface area contributed by atoms with E-state index in [0.29, 0.717) is 16.9 Å². The summed E-state index contributed by atoms with van der Waals surface area (Å²) < 4.78 is 21.0. The fraction of sp³-hybridized carbons (Fsp3) is 0.286. The van der Waals surface area contributed by atoms with Crippen LogP contribution in [-0.2, 0) is 0 Å². The minimum absolute atomic E-state index is 0.130. The van der Waals surface area contributed by atoms with Crippen LogP contribution < -0.4 is 4.74 Å². The number of phenolic OH excluding ortho intramolecular Hbond substituents is 1. The number of likely N-dealkylation sites (N-methyl/N-ethyl adjacent to an activating group) is 1. The molecule has 0 aliphatic heterocycles. The van der Waals surface area contributed by atoms with Crippen LogP contribution in [0.5, 0.6) is 11.5 Å². The van der Waals surface area contributed by atoms with Crippen molar-refractivity contribution >= 4 is 0 Å². The summed E-state index contributed by atoms with van der Waals surface area (Å²) in [7, 11) is 5.64. The zero-order valence-electron chi connectivity index (χ0n) is 16.0. The van der Waals surface area contributed by atoms with Crippen LogP contribution in [0.1, 0.15) is 13.0 Å². The highest BCUT2D eigenvalue weighted by Crippen LogP contribution is 2.38. The zero-order valence-corrected chi connectivity index (χ0v) is 16.0. The van der Waals surface area contributed by atoms with Gasteiger partial charge in [0.05, 0.1) is 7.11 Å². The summed E-state index contributed by atoms with van der Waals surface area (Å²) in [5, 5.41) is 10.2. The van der Waals surface area contributed by atoms with Crippen molar-refractivity contribution in [1.29, 1.82) is 0 Å². The molecule has 1 atom stereocenters. The van der Waals surface area contributed by atoms with Crippen LogP contribution in [0.25, 0.3) is 22.5 Å². The highest BCUT2D eigenvalue weighted by atomic mass is 19.1. The first-order valence-corrected chi connectivity index (χ1v) is 8.75. The van der Waals surface area contributed by atoms with Crippen molar-refractivity contribution in [1.82, 2.24) is 14.5 Å². The second-order valence-corrected chi connectivity index (χ2v) is 6.85. The van der Waals surface area contributed by atoms with Gasteiger partial charge < -0.3 is 19.3 Å². The number of nitrogens with zero attached hydrogens (tertiary/aromatic N) is 3. The van der Waals surface area contributed by atoms with Crippen LogP contribution in [0.15, 0.2) is 48.8 Å². The Morgan fingerprint density at radius 3 is 2.63 bits per heavy atom. The van der Waals surface area contributed by atoms with Crippen molar-refractivity contribution in [3.8, 4) is 34.0 Å². The van der Waals surface area contributed by atoms with Crippen molar-refractivity contribution in [2.24, 2.45) is 0 Å². The van der Waals surface area contributed by atoms with Gasteiger partial charge in [-0.3, -0.25) is 0 Å². The van der Waals surface area contributed by atoms with E-state index in [-0.39, 0.29) is 11.8 Å². The summed E-state index contributed by atoms with van der Waals surface area (Å²) in [5.74, 6) is 0.809. The van der Waals surface area contributed by atoms with Gasteiger partial charge in [-0.1, -0.05) is 0 Å². The fourth-order valence-corrected chi connectivity index (χ4v) is 3.30. The SMILES string of the molecule is COc1ccc(-c2nccn2C(C)CN(C)C)cc1-c1ccc(F)cc1O. The minimum atomic E-state index is -0.487. The lowest BCUT2D eigenvalue weighted by atomic mass is 10.0. The van der Waals surface area contributed by atoms with Gasteiger partial charge in [0, 0.05) is 47.7 Å². The van der Waals surface area contributed by atoms with Crippen LogP contribution in [0.4, 0.5) is 4.39 Å². The number of hydrogen-bond acceptors (Lipinski definition) is 4. The Labute approximate surface area is 158 Å². The monoisotopic (exact) mass is 369 g/mol. The third-order valence-corrected chi connectivity index (χ3v) is 4.48. The summed E-state index contributed by atoms with van der Waals surface area (Å²) in [4.78, 5) is 6.65. The standard InChI is InChI=1S/C21H24FN3O2/c1-14(13-24(2)3)25-10-9-23-21(25)15-5-8-20(27-4)18(11-15)17-7-6-16(22)12-19(17)26/h5-12,14,26H,13H2,1-4H3. The molecule has 0 fully saturated rings. The topological polar surface area (TPSA) is 50.5 Å². The predicted molar refractivity (Wildman–Crippen MR) is 105 cm³/mol. The second-order valence-electron chi connectivity index (χ2n) is 6.85. The van der Waals surface area contributed by atoms with Gasteiger partial charge in [0.15, 0.2) is 0 Å². The second kappa shape index (κ2) is 7.80. The Morgan fingerprint density at radius 1 is 1.19 bits per heavy atom. The third kappa shape index (κ3) is 3.95. The number of benzene rings is 2. The van der Waals surface area contributed by atoms with E-state index < -0.39 is 5.82 Å². The summed E-state index contributed by atoms with van der Waals surface area (Å²) >= 11 is 0. The van der Waals surface area contributed by atoms with Gasteiger partial charge in [-0.2, -0.15) is 0 Å². The Balaban J connectivity index is 2.08. The number of aromatic nitrogens is 2. The quantitative estimate of drug-likeness (QED) is 0.708. The molecule has 0 aliphatic carbocycles. The molecule has 1 unspecified atom stereocenters. The Hall–Kier alpha value is -2.86. The Bertz CT molecular complexity index is 937. The van der Waals surface area contributed by atoms with E-state index in [0.717, 1.165) is 24.0 Å². The number of rotatable bonds is 6. The number of aromatic hydroxyl groups is 1. The lowest BCUT2D eigenvalue weighted by Crippen LogP contribution is -2.22.